The van der Waals surface area contributed by atoms with Crippen LogP contribution >= 0.6 is 10.0 Å². The van der Waals surface area contributed by atoms with Crippen LogP contribution in [0.5, 0.6) is 0 Å². The van der Waals surface area contributed by atoms with Crippen molar-refractivity contribution in [2.75, 3.05) is 22.3 Å². The molecule has 7 aromatic rings. The monoisotopic (exact) mass is 788 g/mol. The Balaban J connectivity index is 1.02. The van der Waals surface area contributed by atoms with E-state index >= 15 is 0 Å². The molecule has 2 saturated carbocycles. The Morgan fingerprint density at radius 2 is 0.847 bits per heavy atom. The molecule has 2 nitrogen and oxygen atoms in total. The fourth-order valence-electron chi connectivity index (χ4n) is 10.7. The third-order valence-electron chi connectivity index (χ3n) is 13.8. The molecule has 3 heteroatoms. The van der Waals surface area contributed by atoms with Crippen LogP contribution in [-0.4, -0.2) is 12.5 Å². The molecule has 0 atom stereocenters. The zero-order chi connectivity index (χ0) is 39.8. The van der Waals surface area contributed by atoms with Gasteiger partial charge in [0, 0.05) is 49.3 Å². The molecule has 0 N–H and O–H groups in total. The van der Waals surface area contributed by atoms with Crippen molar-refractivity contribution in [3.05, 3.63) is 193 Å². The van der Waals surface area contributed by atoms with Crippen molar-refractivity contribution in [1.29, 1.82) is 0 Å². The Kier molecular flexibility index (Phi) is 10.2. The molecule has 0 unspecified atom stereocenters. The Morgan fingerprint density at radius 3 is 1.42 bits per heavy atom. The number of nitrogens with zero attached hydrogens (tertiary/aromatic N) is 2. The Bertz CT molecular complexity index is 2470. The van der Waals surface area contributed by atoms with Gasteiger partial charge in [0.1, 0.15) is 0 Å². The minimum Gasteiger partial charge on any atom is -0.311 e. The molecule has 7 aromatic carbocycles. The highest BCUT2D eigenvalue weighted by atomic mass is 32.3. The summed E-state index contributed by atoms with van der Waals surface area (Å²) in [6, 6.07) is 66.6. The highest BCUT2D eigenvalue weighted by molar-refractivity contribution is 8.33. The Labute approximate surface area is 353 Å². The number of hydrogen-bond donors (Lipinski definition) is 0. The van der Waals surface area contributed by atoms with Crippen LogP contribution in [0, 0.1) is 0 Å². The van der Waals surface area contributed by atoms with E-state index in [4.69, 9.17) is 0 Å². The van der Waals surface area contributed by atoms with Gasteiger partial charge in [-0.05, 0) is 151 Å². The Morgan fingerprint density at radius 1 is 0.407 bits per heavy atom. The van der Waals surface area contributed by atoms with Crippen LogP contribution in [0.4, 0.5) is 34.1 Å². The van der Waals surface area contributed by atoms with Crippen molar-refractivity contribution in [2.24, 2.45) is 0 Å². The first kappa shape index (κ1) is 37.7. The number of para-hydroxylation sites is 2. The molecular formula is C56H56N2S. The maximum absolute atomic E-state index is 2.51. The first-order chi connectivity index (χ1) is 29.0. The maximum atomic E-state index is 2.51. The van der Waals surface area contributed by atoms with Crippen molar-refractivity contribution in [3.8, 4) is 11.1 Å². The summed E-state index contributed by atoms with van der Waals surface area (Å²) in [4.78, 5) is 7.86. The van der Waals surface area contributed by atoms with Crippen LogP contribution in [-0.2, 0) is 5.41 Å². The molecule has 2 fully saturated rings. The second-order valence-electron chi connectivity index (χ2n) is 17.5. The standard InChI is InChI=1S/C56H56N2S/c1-59(2)54-24-14-13-23-52(54)53-38-37-51(41-55(53)59)58(48-31-25-43(26-32-48)42-17-7-3-8-18-42)50-35-29-45(30-36-50)56(39-15-6-16-40-56)44-27-33-49(34-28-44)57(46-19-9-4-10-20-46)47-21-11-5-12-22-47/h4-5,9-14,19-38,41-42H,3,6-8,15-18,39-40H2,1-2H3. The number of anilines is 6. The molecule has 0 radical (unpaired) electrons. The van der Waals surface area contributed by atoms with Crippen LogP contribution in [0.15, 0.2) is 186 Å². The smallest absolute Gasteiger partial charge is 0.0472 e. The first-order valence-electron chi connectivity index (χ1n) is 22.0. The summed E-state index contributed by atoms with van der Waals surface area (Å²) in [5.41, 5.74) is 14.3. The predicted molar refractivity (Wildman–Crippen MR) is 253 cm³/mol. The van der Waals surface area contributed by atoms with E-state index in [1.54, 1.807) is 0 Å². The maximum Gasteiger partial charge on any atom is 0.0472 e. The topological polar surface area (TPSA) is 6.48 Å². The summed E-state index contributed by atoms with van der Waals surface area (Å²) < 4.78 is 0. The van der Waals surface area contributed by atoms with E-state index in [1.807, 2.05) is 0 Å². The highest BCUT2D eigenvalue weighted by Crippen LogP contribution is 2.67. The van der Waals surface area contributed by atoms with E-state index in [0.29, 0.717) is 5.92 Å². The van der Waals surface area contributed by atoms with E-state index < -0.39 is 10.0 Å². The molecule has 2 aliphatic carbocycles. The average Bonchev–Trinajstić information content (AvgIpc) is 3.53. The van der Waals surface area contributed by atoms with E-state index in [2.05, 4.69) is 198 Å². The van der Waals surface area contributed by atoms with Crippen LogP contribution in [0.2, 0.25) is 0 Å². The second kappa shape index (κ2) is 15.9. The van der Waals surface area contributed by atoms with Gasteiger partial charge in [0.2, 0.25) is 0 Å². The third kappa shape index (κ3) is 6.98. The highest BCUT2D eigenvalue weighted by Gasteiger charge is 2.36. The lowest BCUT2D eigenvalue weighted by atomic mass is 9.65. The van der Waals surface area contributed by atoms with Crippen molar-refractivity contribution in [1.82, 2.24) is 0 Å². The van der Waals surface area contributed by atoms with Gasteiger partial charge in [-0.1, -0.05) is 136 Å². The molecule has 0 spiro atoms. The summed E-state index contributed by atoms with van der Waals surface area (Å²) in [5.74, 6) is 0.689. The van der Waals surface area contributed by atoms with Gasteiger partial charge < -0.3 is 9.80 Å². The van der Waals surface area contributed by atoms with Crippen LogP contribution < -0.4 is 9.80 Å². The lowest BCUT2D eigenvalue weighted by Gasteiger charge is -2.39. The molecule has 1 heterocycles. The van der Waals surface area contributed by atoms with Gasteiger partial charge in [0.25, 0.3) is 0 Å². The number of hydrogen-bond acceptors (Lipinski definition) is 2. The van der Waals surface area contributed by atoms with Crippen molar-refractivity contribution >= 4 is 44.2 Å². The number of rotatable bonds is 9. The van der Waals surface area contributed by atoms with Crippen LogP contribution in [0.1, 0.15) is 86.8 Å². The minimum absolute atomic E-state index is 0.0150. The van der Waals surface area contributed by atoms with E-state index in [1.165, 1.54) is 136 Å². The summed E-state index contributed by atoms with van der Waals surface area (Å²) in [7, 11) is -1.14. The van der Waals surface area contributed by atoms with Crippen LogP contribution in [0.3, 0.4) is 0 Å². The normalized spacial score (nSPS) is 17.4. The van der Waals surface area contributed by atoms with Gasteiger partial charge in [0.05, 0.1) is 0 Å². The summed E-state index contributed by atoms with van der Waals surface area (Å²) >= 11 is 0. The van der Waals surface area contributed by atoms with Crippen molar-refractivity contribution in [2.45, 2.75) is 85.3 Å². The van der Waals surface area contributed by atoms with Crippen molar-refractivity contribution in [3.63, 3.8) is 0 Å². The van der Waals surface area contributed by atoms with Gasteiger partial charge in [-0.25, -0.2) is 0 Å². The van der Waals surface area contributed by atoms with Gasteiger partial charge in [-0.2, -0.15) is 10.0 Å². The van der Waals surface area contributed by atoms with Crippen LogP contribution in [0.25, 0.3) is 11.1 Å². The Hall–Kier alpha value is -5.51. The minimum atomic E-state index is -1.14. The largest absolute Gasteiger partial charge is 0.311 e. The molecule has 0 amide bonds. The molecule has 3 aliphatic rings. The number of fused-ring (bicyclic) bond motifs is 3. The first-order valence-corrected chi connectivity index (χ1v) is 24.4. The fourth-order valence-corrected chi connectivity index (χ4v) is 13.2. The predicted octanol–water partition coefficient (Wildman–Crippen LogP) is 16.4. The van der Waals surface area contributed by atoms with Gasteiger partial charge in [-0.3, -0.25) is 0 Å². The number of benzene rings is 7. The lowest BCUT2D eigenvalue weighted by molar-refractivity contribution is 0.346. The molecule has 0 bridgehead atoms. The molecule has 0 saturated heterocycles. The van der Waals surface area contributed by atoms with E-state index in [-0.39, 0.29) is 5.41 Å². The average molecular weight is 789 g/mol. The second-order valence-corrected chi connectivity index (χ2v) is 21.0. The molecule has 10 rings (SSSR count). The SMILES string of the molecule is CS1(C)c2ccccc2-c2ccc(N(c3ccc(C4CCCCC4)cc3)c3ccc(C4(c5ccc(N(c6ccccc6)c6ccccc6)cc5)CCCCC4)cc3)cc21. The van der Waals surface area contributed by atoms with E-state index in [9.17, 15) is 0 Å². The van der Waals surface area contributed by atoms with Gasteiger partial charge >= 0.3 is 0 Å². The quantitative estimate of drug-likeness (QED) is 0.144. The summed E-state index contributed by atoms with van der Waals surface area (Å²) in [5, 5.41) is 0. The summed E-state index contributed by atoms with van der Waals surface area (Å²) in [6.45, 7) is 0. The molecule has 1 aliphatic heterocycles. The van der Waals surface area contributed by atoms with Gasteiger partial charge in [0.15, 0.2) is 0 Å². The zero-order valence-electron chi connectivity index (χ0n) is 34.7. The molecule has 296 valence electrons. The molecule has 0 aromatic heterocycles. The zero-order valence-corrected chi connectivity index (χ0v) is 35.5. The lowest BCUT2D eigenvalue weighted by Crippen LogP contribution is -2.30. The fraction of sp³-hybridized carbons (Fsp3) is 0.250. The van der Waals surface area contributed by atoms with Gasteiger partial charge in [-0.15, -0.1) is 0 Å². The third-order valence-corrected chi connectivity index (χ3v) is 16.7. The summed E-state index contributed by atoms with van der Waals surface area (Å²) in [6.07, 6.45) is 17.8. The van der Waals surface area contributed by atoms with Crippen molar-refractivity contribution < 1.29 is 0 Å². The van der Waals surface area contributed by atoms with E-state index in [0.717, 1.165) is 0 Å². The molecular weight excluding hydrogens is 733 g/mol. The molecule has 59 heavy (non-hydrogen) atoms.